The van der Waals surface area contributed by atoms with Crippen LogP contribution in [-0.2, 0) is 17.1 Å². The lowest BCUT2D eigenvalue weighted by Gasteiger charge is -2.20. The van der Waals surface area contributed by atoms with Crippen molar-refractivity contribution in [1.82, 2.24) is 19.2 Å². The highest BCUT2D eigenvalue weighted by Crippen LogP contribution is 2.31. The van der Waals surface area contributed by atoms with Crippen LogP contribution in [0.3, 0.4) is 0 Å². The van der Waals surface area contributed by atoms with E-state index in [0.717, 1.165) is 31.4 Å². The normalized spacial score (nSPS) is 21.0. The lowest BCUT2D eigenvalue weighted by atomic mass is 9.94. The molecule has 8 heteroatoms. The van der Waals surface area contributed by atoms with Crippen molar-refractivity contribution in [2.24, 2.45) is 7.05 Å². The number of halogens is 1. The van der Waals surface area contributed by atoms with Crippen LogP contribution in [-0.4, -0.2) is 48.0 Å². The van der Waals surface area contributed by atoms with E-state index in [4.69, 9.17) is 0 Å². The van der Waals surface area contributed by atoms with Crippen LogP contribution in [0, 0.1) is 5.82 Å². The average Bonchev–Trinajstić information content (AvgIpc) is 3.27. The summed E-state index contributed by atoms with van der Waals surface area (Å²) >= 11 is 0. The van der Waals surface area contributed by atoms with Gasteiger partial charge in [0.25, 0.3) is 10.0 Å². The topological polar surface area (TPSA) is 67.2 Å². The number of nitrogens with one attached hydrogen (secondary N) is 1. The van der Waals surface area contributed by atoms with E-state index in [9.17, 15) is 12.8 Å². The number of unbranched alkanes of at least 4 members (excludes halogenated alkanes) is 2. The Labute approximate surface area is 160 Å². The summed E-state index contributed by atoms with van der Waals surface area (Å²) in [6, 6.07) is 6.35. The molecule has 1 aliphatic heterocycles. The highest BCUT2D eigenvalue weighted by atomic mass is 32.2. The Bertz CT molecular complexity index is 851. The first-order chi connectivity index (χ1) is 12.9. The number of hydrogen-bond acceptors (Lipinski definition) is 4. The smallest absolute Gasteiger partial charge is 0.262 e. The third kappa shape index (κ3) is 4.56. The molecule has 0 saturated carbocycles. The Hall–Kier alpha value is -1.77. The molecule has 0 radical (unpaired) electrons. The van der Waals surface area contributed by atoms with Gasteiger partial charge >= 0.3 is 0 Å². The predicted octanol–water partition coefficient (Wildman–Crippen LogP) is 2.50. The van der Waals surface area contributed by atoms with Crippen molar-refractivity contribution in [3.63, 3.8) is 0 Å². The number of hydrogen-bond donors (Lipinski definition) is 1. The Morgan fingerprint density at radius 1 is 1.22 bits per heavy atom. The Morgan fingerprint density at radius 3 is 2.59 bits per heavy atom. The first-order valence-corrected chi connectivity index (χ1v) is 10.8. The molecule has 0 spiro atoms. The Balaban J connectivity index is 1.80. The maximum absolute atomic E-state index is 13.3. The number of benzene rings is 1. The van der Waals surface area contributed by atoms with Crippen LogP contribution in [0.1, 0.15) is 37.7 Å². The van der Waals surface area contributed by atoms with Crippen LogP contribution in [0.5, 0.6) is 0 Å². The zero-order valence-electron chi connectivity index (χ0n) is 15.8. The van der Waals surface area contributed by atoms with E-state index in [1.807, 2.05) is 0 Å². The molecule has 1 aromatic heterocycles. The van der Waals surface area contributed by atoms with Gasteiger partial charge in [-0.3, -0.25) is 0 Å². The Morgan fingerprint density at radius 2 is 1.96 bits per heavy atom. The Kier molecular flexibility index (Phi) is 6.29. The molecule has 1 fully saturated rings. The van der Waals surface area contributed by atoms with Crippen LogP contribution < -0.4 is 5.32 Å². The monoisotopic (exact) mass is 394 g/mol. The van der Waals surface area contributed by atoms with Gasteiger partial charge in [-0.25, -0.2) is 17.8 Å². The van der Waals surface area contributed by atoms with Crippen LogP contribution in [0.15, 0.2) is 41.8 Å². The second-order valence-corrected chi connectivity index (χ2v) is 9.01. The average molecular weight is 395 g/mol. The maximum Gasteiger partial charge on any atom is 0.262 e. The van der Waals surface area contributed by atoms with E-state index >= 15 is 0 Å². The first kappa shape index (κ1) is 20.0. The molecular weight excluding hydrogens is 367 g/mol. The molecular formula is C19H27FN4O2S. The fraction of sp³-hybridized carbons (Fsp3) is 0.526. The lowest BCUT2D eigenvalue weighted by molar-refractivity contribution is 0.451. The third-order valence-corrected chi connectivity index (χ3v) is 6.77. The van der Waals surface area contributed by atoms with Gasteiger partial charge in [0.15, 0.2) is 5.03 Å². The summed E-state index contributed by atoms with van der Waals surface area (Å²) in [7, 11) is -1.90. The molecule has 1 saturated heterocycles. The van der Waals surface area contributed by atoms with Gasteiger partial charge in [-0.05, 0) is 30.7 Å². The molecule has 1 N–H and O–H groups in total. The lowest BCUT2D eigenvalue weighted by Crippen LogP contribution is -2.37. The van der Waals surface area contributed by atoms with Crippen LogP contribution in [0.4, 0.5) is 4.39 Å². The van der Waals surface area contributed by atoms with Gasteiger partial charge in [0.1, 0.15) is 5.82 Å². The van der Waals surface area contributed by atoms with Gasteiger partial charge in [0.05, 0.1) is 6.33 Å². The molecule has 27 heavy (non-hydrogen) atoms. The molecule has 1 aromatic carbocycles. The van der Waals surface area contributed by atoms with Crippen LogP contribution in [0.2, 0.25) is 0 Å². The molecule has 148 valence electrons. The van der Waals surface area contributed by atoms with Crippen molar-refractivity contribution < 1.29 is 12.8 Å². The van der Waals surface area contributed by atoms with Crippen molar-refractivity contribution in [2.45, 2.75) is 43.2 Å². The maximum atomic E-state index is 13.3. The summed E-state index contributed by atoms with van der Waals surface area (Å²) in [6.45, 7) is 3.73. The van der Waals surface area contributed by atoms with E-state index in [2.05, 4.69) is 17.2 Å². The molecule has 6 nitrogen and oxygen atoms in total. The van der Waals surface area contributed by atoms with Crippen LogP contribution >= 0.6 is 0 Å². The molecule has 2 atom stereocenters. The summed E-state index contributed by atoms with van der Waals surface area (Å²) in [5.74, 6) is -0.312. The number of nitrogens with zero attached hydrogens (tertiary/aromatic N) is 3. The zero-order valence-corrected chi connectivity index (χ0v) is 16.6. The molecule has 0 unspecified atom stereocenters. The summed E-state index contributed by atoms with van der Waals surface area (Å²) in [4.78, 5) is 4.02. The van der Waals surface area contributed by atoms with Gasteiger partial charge in [0, 0.05) is 38.3 Å². The van der Waals surface area contributed by atoms with Crippen molar-refractivity contribution in [2.75, 3.05) is 19.6 Å². The molecule has 0 amide bonds. The fourth-order valence-electron chi connectivity index (χ4n) is 3.54. The van der Waals surface area contributed by atoms with Gasteiger partial charge in [-0.2, -0.15) is 4.31 Å². The van der Waals surface area contributed by atoms with E-state index in [0.29, 0.717) is 13.1 Å². The van der Waals surface area contributed by atoms with Gasteiger partial charge in [-0.1, -0.05) is 31.9 Å². The summed E-state index contributed by atoms with van der Waals surface area (Å²) in [6.07, 6.45) is 6.33. The highest BCUT2D eigenvalue weighted by molar-refractivity contribution is 7.89. The quantitative estimate of drug-likeness (QED) is 0.699. The second-order valence-electron chi connectivity index (χ2n) is 7.13. The van der Waals surface area contributed by atoms with E-state index in [-0.39, 0.29) is 22.8 Å². The minimum absolute atomic E-state index is 0.00851. The largest absolute Gasteiger partial charge is 0.339 e. The second kappa shape index (κ2) is 8.50. The van der Waals surface area contributed by atoms with Gasteiger partial charge in [-0.15, -0.1) is 0 Å². The van der Waals surface area contributed by atoms with Gasteiger partial charge in [0.2, 0.25) is 0 Å². The minimum atomic E-state index is -3.65. The summed E-state index contributed by atoms with van der Waals surface area (Å²) in [5, 5.41) is 3.58. The molecule has 3 rings (SSSR count). The number of sulfonamides is 1. The SMILES string of the molecule is CCCCCN[C@H]1CN(S(=O)(=O)c2cn(C)cn2)C[C@@H]1c1ccc(F)cc1. The van der Waals surface area contributed by atoms with Gasteiger partial charge < -0.3 is 9.88 Å². The van der Waals surface area contributed by atoms with E-state index in [1.54, 1.807) is 23.7 Å². The summed E-state index contributed by atoms with van der Waals surface area (Å²) < 4.78 is 42.4. The zero-order chi connectivity index (χ0) is 19.4. The highest BCUT2D eigenvalue weighted by Gasteiger charge is 2.40. The number of imidazole rings is 1. The molecule has 2 heterocycles. The number of rotatable bonds is 8. The van der Waals surface area contributed by atoms with Crippen molar-refractivity contribution >= 4 is 10.0 Å². The predicted molar refractivity (Wildman–Crippen MR) is 102 cm³/mol. The third-order valence-electron chi connectivity index (χ3n) is 5.06. The van der Waals surface area contributed by atoms with Crippen molar-refractivity contribution in [1.29, 1.82) is 0 Å². The summed E-state index contributed by atoms with van der Waals surface area (Å²) in [5.41, 5.74) is 0.947. The molecule has 0 bridgehead atoms. The first-order valence-electron chi connectivity index (χ1n) is 9.38. The van der Waals surface area contributed by atoms with E-state index in [1.165, 1.54) is 29.0 Å². The van der Waals surface area contributed by atoms with Crippen LogP contribution in [0.25, 0.3) is 0 Å². The fourth-order valence-corrected chi connectivity index (χ4v) is 4.99. The van der Waals surface area contributed by atoms with Crippen molar-refractivity contribution in [3.05, 3.63) is 48.2 Å². The van der Waals surface area contributed by atoms with E-state index < -0.39 is 10.0 Å². The molecule has 0 aliphatic carbocycles. The molecule has 1 aliphatic rings. The van der Waals surface area contributed by atoms with Crippen molar-refractivity contribution in [3.8, 4) is 0 Å². The number of aryl methyl sites for hydroxylation is 1. The standard InChI is InChI=1S/C19H27FN4O2S/c1-3-4-5-10-21-18-12-24(27(25,26)19-13-23(2)14-22-19)11-17(18)15-6-8-16(20)9-7-15/h6-9,13-14,17-18,21H,3-5,10-12H2,1-2H3/t17-,18+/m1/s1. The number of aromatic nitrogens is 2. The molecule has 2 aromatic rings. The minimum Gasteiger partial charge on any atom is -0.339 e.